The predicted molar refractivity (Wildman–Crippen MR) is 62.9 cm³/mol. The van der Waals surface area contributed by atoms with Gasteiger partial charge in [0.05, 0.1) is 0 Å². The zero-order valence-corrected chi connectivity index (χ0v) is 10.1. The van der Waals surface area contributed by atoms with Gasteiger partial charge in [0, 0.05) is 19.1 Å². The largest absolute Gasteiger partial charge is 0.338 e. The van der Waals surface area contributed by atoms with E-state index >= 15 is 0 Å². The fourth-order valence-corrected chi connectivity index (χ4v) is 2.05. The Morgan fingerprint density at radius 2 is 2.20 bits per heavy atom. The molecule has 1 fully saturated rings. The first-order chi connectivity index (χ1) is 7.25. The molecule has 0 spiro atoms. The summed E-state index contributed by atoms with van der Waals surface area (Å²) in [6, 6.07) is 0.548. The zero-order chi connectivity index (χ0) is 11.1. The van der Waals surface area contributed by atoms with Crippen LogP contribution >= 0.6 is 0 Å². The molecule has 1 aliphatic heterocycles. The average Bonchev–Trinajstić information content (AvgIpc) is 2.43. The highest BCUT2D eigenvalue weighted by molar-refractivity contribution is 5.74. The van der Waals surface area contributed by atoms with Crippen molar-refractivity contribution in [2.24, 2.45) is 0 Å². The summed E-state index contributed by atoms with van der Waals surface area (Å²) < 4.78 is 0. The molecule has 1 saturated heterocycles. The van der Waals surface area contributed by atoms with Crippen molar-refractivity contribution in [2.45, 2.75) is 58.4 Å². The van der Waals surface area contributed by atoms with Crippen LogP contribution in [0, 0.1) is 0 Å². The van der Waals surface area contributed by atoms with Gasteiger partial charge >= 0.3 is 6.03 Å². The van der Waals surface area contributed by atoms with Gasteiger partial charge in [0.25, 0.3) is 0 Å². The molecule has 15 heavy (non-hydrogen) atoms. The Bertz CT molecular complexity index is 194. The average molecular weight is 212 g/mol. The molecule has 1 N–H and O–H groups in total. The van der Waals surface area contributed by atoms with Crippen LogP contribution in [-0.4, -0.2) is 30.1 Å². The summed E-state index contributed by atoms with van der Waals surface area (Å²) in [5, 5.41) is 3.00. The van der Waals surface area contributed by atoms with E-state index < -0.39 is 0 Å². The molecule has 1 aliphatic rings. The van der Waals surface area contributed by atoms with Gasteiger partial charge in [-0.05, 0) is 26.2 Å². The quantitative estimate of drug-likeness (QED) is 0.717. The minimum absolute atomic E-state index is 0.137. The number of nitrogens with one attached hydrogen (secondary N) is 1. The Kier molecular flexibility index (Phi) is 5.51. The van der Waals surface area contributed by atoms with E-state index in [0.717, 1.165) is 38.8 Å². The molecular weight excluding hydrogens is 188 g/mol. The number of likely N-dealkylation sites (tertiary alicyclic amines) is 1. The molecule has 0 aromatic carbocycles. The van der Waals surface area contributed by atoms with Gasteiger partial charge in [0.2, 0.25) is 0 Å². The third-order valence-corrected chi connectivity index (χ3v) is 3.12. The summed E-state index contributed by atoms with van der Waals surface area (Å²) in [6.45, 7) is 6.04. The molecule has 2 amide bonds. The van der Waals surface area contributed by atoms with Crippen LogP contribution in [0.25, 0.3) is 0 Å². The van der Waals surface area contributed by atoms with Gasteiger partial charge < -0.3 is 10.2 Å². The van der Waals surface area contributed by atoms with Gasteiger partial charge in [0.15, 0.2) is 0 Å². The zero-order valence-electron chi connectivity index (χ0n) is 10.1. The number of urea groups is 1. The summed E-state index contributed by atoms with van der Waals surface area (Å²) >= 11 is 0. The summed E-state index contributed by atoms with van der Waals surface area (Å²) in [6.07, 6.45) is 7.06. The summed E-state index contributed by atoms with van der Waals surface area (Å²) in [5.74, 6) is 0. The van der Waals surface area contributed by atoms with E-state index in [9.17, 15) is 4.79 Å². The Morgan fingerprint density at radius 3 is 2.93 bits per heavy atom. The van der Waals surface area contributed by atoms with Crippen LogP contribution in [0.1, 0.15) is 52.4 Å². The fraction of sp³-hybridized carbons (Fsp3) is 0.917. The molecular formula is C12H24N2O. The van der Waals surface area contributed by atoms with Crippen molar-refractivity contribution in [3.8, 4) is 0 Å². The number of rotatable bonds is 3. The van der Waals surface area contributed by atoms with Crippen molar-refractivity contribution in [1.82, 2.24) is 10.2 Å². The first-order valence-corrected chi connectivity index (χ1v) is 6.30. The first-order valence-electron chi connectivity index (χ1n) is 6.30. The molecule has 3 nitrogen and oxygen atoms in total. The predicted octanol–water partition coefficient (Wildman–Crippen LogP) is 2.76. The van der Waals surface area contributed by atoms with Crippen LogP contribution in [0.15, 0.2) is 0 Å². The second-order valence-electron chi connectivity index (χ2n) is 4.48. The van der Waals surface area contributed by atoms with Crippen LogP contribution in [0.5, 0.6) is 0 Å². The van der Waals surface area contributed by atoms with Gasteiger partial charge in [-0.1, -0.05) is 26.2 Å². The number of nitrogens with zero attached hydrogens (tertiary/aromatic N) is 1. The maximum Gasteiger partial charge on any atom is 0.317 e. The first kappa shape index (κ1) is 12.3. The lowest BCUT2D eigenvalue weighted by atomic mass is 10.1. The summed E-state index contributed by atoms with van der Waals surface area (Å²) in [4.78, 5) is 13.9. The Hall–Kier alpha value is -0.730. The SMILES string of the molecule is CCCCNC(=O)N1CCCCCC1C. The van der Waals surface area contributed by atoms with Crippen molar-refractivity contribution in [3.05, 3.63) is 0 Å². The second kappa shape index (κ2) is 6.70. The Morgan fingerprint density at radius 1 is 1.40 bits per heavy atom. The third-order valence-electron chi connectivity index (χ3n) is 3.12. The van der Waals surface area contributed by atoms with Crippen LogP contribution < -0.4 is 5.32 Å². The van der Waals surface area contributed by atoms with Crippen molar-refractivity contribution in [3.63, 3.8) is 0 Å². The van der Waals surface area contributed by atoms with E-state index in [-0.39, 0.29) is 6.03 Å². The maximum atomic E-state index is 11.9. The third kappa shape index (κ3) is 4.10. The highest BCUT2D eigenvalue weighted by Gasteiger charge is 2.21. The smallest absolute Gasteiger partial charge is 0.317 e. The standard InChI is InChI=1S/C12H24N2O/c1-3-4-9-13-12(15)14-10-7-5-6-8-11(14)2/h11H,3-10H2,1-2H3,(H,13,15). The lowest BCUT2D eigenvalue weighted by Gasteiger charge is -2.27. The summed E-state index contributed by atoms with van der Waals surface area (Å²) in [7, 11) is 0. The second-order valence-corrected chi connectivity index (χ2v) is 4.48. The van der Waals surface area contributed by atoms with Gasteiger partial charge in [-0.2, -0.15) is 0 Å². The van der Waals surface area contributed by atoms with Crippen LogP contribution in [0.4, 0.5) is 4.79 Å². The lowest BCUT2D eigenvalue weighted by molar-refractivity contribution is 0.180. The van der Waals surface area contributed by atoms with Crippen molar-refractivity contribution in [2.75, 3.05) is 13.1 Å². The van der Waals surface area contributed by atoms with E-state index in [1.54, 1.807) is 0 Å². The number of hydrogen-bond acceptors (Lipinski definition) is 1. The molecule has 1 heterocycles. The molecule has 0 bridgehead atoms. The number of amides is 2. The Labute approximate surface area is 93.2 Å². The molecule has 1 atom stereocenters. The fourth-order valence-electron chi connectivity index (χ4n) is 2.05. The molecule has 0 aromatic heterocycles. The van der Waals surface area contributed by atoms with E-state index in [4.69, 9.17) is 0 Å². The molecule has 0 saturated carbocycles. The Balaban J connectivity index is 2.34. The van der Waals surface area contributed by atoms with Crippen LogP contribution in [0.2, 0.25) is 0 Å². The summed E-state index contributed by atoms with van der Waals surface area (Å²) in [5.41, 5.74) is 0. The number of unbranched alkanes of at least 4 members (excludes halogenated alkanes) is 1. The normalized spacial score (nSPS) is 22.3. The van der Waals surface area contributed by atoms with Gasteiger partial charge in [-0.15, -0.1) is 0 Å². The number of carbonyl (C=O) groups excluding carboxylic acids is 1. The van der Waals surface area contributed by atoms with Crippen molar-refractivity contribution >= 4 is 6.03 Å². The molecule has 88 valence electrons. The minimum Gasteiger partial charge on any atom is -0.338 e. The number of hydrogen-bond donors (Lipinski definition) is 1. The van der Waals surface area contributed by atoms with Crippen molar-refractivity contribution in [1.29, 1.82) is 0 Å². The number of carbonyl (C=O) groups is 1. The van der Waals surface area contributed by atoms with Crippen LogP contribution in [-0.2, 0) is 0 Å². The lowest BCUT2D eigenvalue weighted by Crippen LogP contribution is -2.45. The van der Waals surface area contributed by atoms with Gasteiger partial charge in [0.1, 0.15) is 0 Å². The van der Waals surface area contributed by atoms with E-state index in [2.05, 4.69) is 19.2 Å². The van der Waals surface area contributed by atoms with E-state index in [1.807, 2.05) is 4.90 Å². The maximum absolute atomic E-state index is 11.9. The monoisotopic (exact) mass is 212 g/mol. The molecule has 3 heteroatoms. The van der Waals surface area contributed by atoms with Gasteiger partial charge in [-0.3, -0.25) is 0 Å². The van der Waals surface area contributed by atoms with Gasteiger partial charge in [-0.25, -0.2) is 4.79 Å². The molecule has 1 unspecified atom stereocenters. The topological polar surface area (TPSA) is 32.3 Å². The molecule has 0 aliphatic carbocycles. The van der Waals surface area contributed by atoms with E-state index in [0.29, 0.717) is 6.04 Å². The highest BCUT2D eigenvalue weighted by atomic mass is 16.2. The minimum atomic E-state index is 0.137. The highest BCUT2D eigenvalue weighted by Crippen LogP contribution is 2.16. The van der Waals surface area contributed by atoms with E-state index in [1.165, 1.54) is 12.8 Å². The molecule has 0 radical (unpaired) electrons. The molecule has 0 aromatic rings. The molecule has 1 rings (SSSR count). The van der Waals surface area contributed by atoms with Crippen molar-refractivity contribution < 1.29 is 4.79 Å². The van der Waals surface area contributed by atoms with Crippen LogP contribution in [0.3, 0.4) is 0 Å².